The zero-order chi connectivity index (χ0) is 32.3. The zero-order valence-electron chi connectivity index (χ0n) is 22.9. The van der Waals surface area contributed by atoms with Crippen molar-refractivity contribution in [3.8, 4) is 16.9 Å². The number of amides is 1. The number of halogens is 4. The average Bonchev–Trinajstić information content (AvgIpc) is 2.98. The number of nitrogens with zero attached hydrogens (tertiary/aromatic N) is 1. The molecule has 0 fully saturated rings. The van der Waals surface area contributed by atoms with Crippen LogP contribution in [0.25, 0.3) is 11.1 Å². The number of hydrogen-bond acceptors (Lipinski definition) is 5. The molecule has 1 unspecified atom stereocenters. The van der Waals surface area contributed by atoms with Gasteiger partial charge >= 0.3 is 18.1 Å². The van der Waals surface area contributed by atoms with Crippen LogP contribution in [0.1, 0.15) is 28.4 Å². The Balaban J connectivity index is 0.000000676. The Morgan fingerprint density at radius 2 is 1.55 bits per heavy atom. The van der Waals surface area contributed by atoms with Crippen molar-refractivity contribution in [1.29, 1.82) is 5.41 Å². The van der Waals surface area contributed by atoms with Crippen LogP contribution in [0.2, 0.25) is 0 Å². The number of rotatable bonds is 10. The van der Waals surface area contributed by atoms with E-state index in [0.29, 0.717) is 41.1 Å². The molecule has 4 rings (SSSR count). The highest BCUT2D eigenvalue weighted by Crippen LogP contribution is 2.25. The number of aromatic nitrogens is 1. The number of carbonyl (C=O) groups excluding carboxylic acids is 1. The number of carboxylic acids is 2. The quantitative estimate of drug-likeness (QED) is 0.176. The Bertz CT molecular complexity index is 1640. The number of ether oxygens (including phenoxy) is 1. The minimum absolute atomic E-state index is 0.290. The smallest absolute Gasteiger partial charge is 0.490 e. The monoisotopic (exact) mass is 613 g/mol. The predicted molar refractivity (Wildman–Crippen MR) is 150 cm³/mol. The minimum atomic E-state index is -5.08. The summed E-state index contributed by atoms with van der Waals surface area (Å²) in [4.78, 5) is 33.2. The van der Waals surface area contributed by atoms with Gasteiger partial charge in [-0.3, -0.25) is 15.0 Å². The van der Waals surface area contributed by atoms with Crippen molar-refractivity contribution < 1.29 is 46.9 Å². The summed E-state index contributed by atoms with van der Waals surface area (Å²) in [5.41, 5.74) is 2.87. The summed E-state index contributed by atoms with van der Waals surface area (Å²) in [6.07, 6.45) is -3.57. The van der Waals surface area contributed by atoms with Crippen LogP contribution in [0.15, 0.2) is 97.2 Å². The highest BCUT2D eigenvalue weighted by atomic mass is 19.4. The van der Waals surface area contributed by atoms with Gasteiger partial charge in [0, 0.05) is 11.8 Å². The average molecular weight is 614 g/mol. The fraction of sp³-hybridized carbons (Fsp3) is 0.161. The molecule has 44 heavy (non-hydrogen) atoms. The lowest BCUT2D eigenvalue weighted by Gasteiger charge is -2.18. The molecule has 0 aliphatic heterocycles. The number of hydrogen-bond donors (Lipinski definition) is 4. The van der Waals surface area contributed by atoms with Crippen molar-refractivity contribution in [3.63, 3.8) is 0 Å². The SMILES string of the molecule is N=c1ccccn1CCOc1ccc(C(=O)NC(CC(=O)O)c2ccc(-c3cccc(F)c3)cc2)cc1.O=C(O)C(F)(F)F. The van der Waals surface area contributed by atoms with E-state index in [0.717, 1.165) is 5.56 Å². The number of carboxylic acid groups (broad SMARTS) is 2. The predicted octanol–water partition coefficient (Wildman–Crippen LogP) is 5.43. The molecule has 1 atom stereocenters. The largest absolute Gasteiger partial charge is 0.492 e. The number of pyridine rings is 1. The third kappa shape index (κ3) is 10.1. The molecule has 0 saturated heterocycles. The molecule has 4 N–H and O–H groups in total. The van der Waals surface area contributed by atoms with E-state index in [1.165, 1.54) is 12.1 Å². The lowest BCUT2D eigenvalue weighted by molar-refractivity contribution is -0.192. The van der Waals surface area contributed by atoms with E-state index < -0.39 is 30.1 Å². The van der Waals surface area contributed by atoms with Crippen LogP contribution >= 0.6 is 0 Å². The maximum Gasteiger partial charge on any atom is 0.490 e. The molecule has 0 saturated carbocycles. The molecular weight excluding hydrogens is 586 g/mol. The molecule has 4 aromatic rings. The Morgan fingerprint density at radius 3 is 2.11 bits per heavy atom. The first-order chi connectivity index (χ1) is 20.8. The van der Waals surface area contributed by atoms with Crippen molar-refractivity contribution in [2.24, 2.45) is 0 Å². The molecule has 0 aliphatic carbocycles. The van der Waals surface area contributed by atoms with Crippen molar-refractivity contribution >= 4 is 17.8 Å². The summed E-state index contributed by atoms with van der Waals surface area (Å²) in [7, 11) is 0. The number of nitrogens with one attached hydrogen (secondary N) is 2. The van der Waals surface area contributed by atoms with Gasteiger partial charge in [-0.2, -0.15) is 13.2 Å². The van der Waals surface area contributed by atoms with E-state index in [2.05, 4.69) is 5.32 Å². The Hall–Kier alpha value is -5.46. The summed E-state index contributed by atoms with van der Waals surface area (Å²) in [5.74, 6) is -3.98. The first-order valence-electron chi connectivity index (χ1n) is 12.9. The van der Waals surface area contributed by atoms with Gasteiger partial charge < -0.3 is 24.8 Å². The number of alkyl halides is 3. The summed E-state index contributed by atoms with van der Waals surface area (Å²) in [6, 6.07) is 24.4. The second-order valence-electron chi connectivity index (χ2n) is 9.21. The third-order valence-electron chi connectivity index (χ3n) is 6.06. The highest BCUT2D eigenvalue weighted by Gasteiger charge is 2.38. The normalized spacial score (nSPS) is 11.5. The van der Waals surface area contributed by atoms with Crippen LogP contribution in [0.4, 0.5) is 17.6 Å². The van der Waals surface area contributed by atoms with Gasteiger partial charge in [0.15, 0.2) is 0 Å². The van der Waals surface area contributed by atoms with Gasteiger partial charge in [0.05, 0.1) is 19.0 Å². The fourth-order valence-corrected chi connectivity index (χ4v) is 3.88. The Labute approximate surface area is 248 Å². The Morgan fingerprint density at radius 1 is 0.886 bits per heavy atom. The van der Waals surface area contributed by atoms with Gasteiger partial charge in [0.25, 0.3) is 5.91 Å². The van der Waals surface area contributed by atoms with Crippen molar-refractivity contribution in [2.75, 3.05) is 6.61 Å². The van der Waals surface area contributed by atoms with Crippen molar-refractivity contribution in [2.45, 2.75) is 25.2 Å². The van der Waals surface area contributed by atoms with Crippen LogP contribution in [-0.2, 0) is 16.1 Å². The number of carbonyl (C=O) groups is 3. The number of benzene rings is 3. The van der Waals surface area contributed by atoms with Gasteiger partial charge in [0.1, 0.15) is 23.7 Å². The van der Waals surface area contributed by atoms with Crippen molar-refractivity contribution in [3.05, 3.63) is 120 Å². The van der Waals surface area contributed by atoms with E-state index in [1.807, 2.05) is 12.3 Å². The maximum absolute atomic E-state index is 13.6. The fourth-order valence-electron chi connectivity index (χ4n) is 3.88. The molecule has 9 nitrogen and oxygen atoms in total. The summed E-state index contributed by atoms with van der Waals surface area (Å²) >= 11 is 0. The lowest BCUT2D eigenvalue weighted by Crippen LogP contribution is -2.30. The maximum atomic E-state index is 13.6. The van der Waals surface area contributed by atoms with Gasteiger partial charge in [-0.1, -0.05) is 42.5 Å². The van der Waals surface area contributed by atoms with Gasteiger partial charge in [-0.25, -0.2) is 9.18 Å². The zero-order valence-corrected chi connectivity index (χ0v) is 22.9. The molecular formula is C31H27F4N3O6. The third-order valence-corrected chi connectivity index (χ3v) is 6.06. The topological polar surface area (TPSA) is 142 Å². The minimum Gasteiger partial charge on any atom is -0.492 e. The van der Waals surface area contributed by atoms with Gasteiger partial charge in [0.2, 0.25) is 0 Å². The standard InChI is InChI=1S/C29H26FN3O4.C2HF3O2/c30-24-5-3-4-23(18-24)20-7-9-21(10-8-20)26(19-28(34)35)32-29(36)22-11-13-25(14-12-22)37-17-16-33-15-2-1-6-27(33)31;3-2(4,5)1(6)7/h1-15,18,26,31H,16-17,19H2,(H,32,36)(H,34,35);(H,6,7). The lowest BCUT2D eigenvalue weighted by atomic mass is 9.98. The molecule has 0 spiro atoms. The van der Waals surface area contributed by atoms with Crippen LogP contribution in [0.5, 0.6) is 5.75 Å². The molecule has 1 amide bonds. The van der Waals surface area contributed by atoms with E-state index >= 15 is 0 Å². The molecule has 230 valence electrons. The second-order valence-corrected chi connectivity index (χ2v) is 9.21. The van der Waals surface area contributed by atoms with Gasteiger partial charge in [-0.05, 0) is 65.2 Å². The molecule has 0 aliphatic rings. The first kappa shape index (κ1) is 33.0. The molecule has 3 aromatic carbocycles. The van der Waals surface area contributed by atoms with E-state index in [4.69, 9.17) is 20.0 Å². The van der Waals surface area contributed by atoms with Crippen molar-refractivity contribution in [1.82, 2.24) is 9.88 Å². The molecule has 0 bridgehead atoms. The summed E-state index contributed by atoms with van der Waals surface area (Å²) in [5, 5.41) is 27.2. The summed E-state index contributed by atoms with van der Waals surface area (Å²) in [6.45, 7) is 0.870. The van der Waals surface area contributed by atoms with Crippen LogP contribution in [0.3, 0.4) is 0 Å². The molecule has 1 heterocycles. The summed E-state index contributed by atoms with van der Waals surface area (Å²) < 4.78 is 52.8. The second kappa shape index (κ2) is 15.1. The van der Waals surface area contributed by atoms with Gasteiger partial charge in [-0.15, -0.1) is 0 Å². The molecule has 0 radical (unpaired) electrons. The highest BCUT2D eigenvalue weighted by molar-refractivity contribution is 5.94. The Kier molecular flexibility index (Phi) is 11.4. The van der Waals surface area contributed by atoms with E-state index in [-0.39, 0.29) is 12.2 Å². The van der Waals surface area contributed by atoms with E-state index in [1.54, 1.807) is 77.4 Å². The number of aliphatic carboxylic acids is 2. The van der Waals surface area contributed by atoms with E-state index in [9.17, 15) is 32.3 Å². The first-order valence-corrected chi connectivity index (χ1v) is 12.9. The van der Waals surface area contributed by atoms with Crippen LogP contribution < -0.4 is 15.5 Å². The molecule has 1 aromatic heterocycles. The van der Waals surface area contributed by atoms with Crippen LogP contribution in [0, 0.1) is 11.2 Å². The van der Waals surface area contributed by atoms with Crippen LogP contribution in [-0.4, -0.2) is 45.4 Å². The molecule has 13 heteroatoms.